The van der Waals surface area contributed by atoms with E-state index in [0.29, 0.717) is 13.2 Å². The maximum absolute atomic E-state index is 10.2. The third kappa shape index (κ3) is 3.78. The van der Waals surface area contributed by atoms with E-state index < -0.39 is 6.23 Å². The molecule has 1 aromatic carbocycles. The monoisotopic (exact) mass is 251 g/mol. The van der Waals surface area contributed by atoms with Crippen molar-refractivity contribution in [3.8, 4) is 0 Å². The van der Waals surface area contributed by atoms with Gasteiger partial charge in [-0.05, 0) is 12.0 Å². The Labute approximate surface area is 108 Å². The average Bonchev–Trinajstić information content (AvgIpc) is 2.86. The summed E-state index contributed by atoms with van der Waals surface area (Å²) < 4.78 is 10.4. The molecule has 0 saturated carbocycles. The van der Waals surface area contributed by atoms with Gasteiger partial charge >= 0.3 is 0 Å². The summed E-state index contributed by atoms with van der Waals surface area (Å²) in [4.78, 5) is 2.06. The number of aliphatic hydroxyl groups is 1. The van der Waals surface area contributed by atoms with Crippen LogP contribution in [-0.4, -0.2) is 49.3 Å². The summed E-state index contributed by atoms with van der Waals surface area (Å²) in [6.45, 7) is 1.98. The second-order valence-electron chi connectivity index (χ2n) is 4.65. The molecule has 0 radical (unpaired) electrons. The molecule has 1 heterocycles. The van der Waals surface area contributed by atoms with Gasteiger partial charge in [0, 0.05) is 26.6 Å². The lowest BCUT2D eigenvalue weighted by molar-refractivity contribution is -0.0733. The molecule has 1 saturated heterocycles. The van der Waals surface area contributed by atoms with Gasteiger partial charge in [-0.3, -0.25) is 4.90 Å². The van der Waals surface area contributed by atoms with Crippen LogP contribution in [0, 0.1) is 0 Å². The van der Waals surface area contributed by atoms with Gasteiger partial charge in [-0.1, -0.05) is 30.3 Å². The Balaban J connectivity index is 1.78. The maximum atomic E-state index is 10.2. The molecule has 1 N–H and O–H groups in total. The molecule has 1 fully saturated rings. The maximum Gasteiger partial charge on any atom is 0.146 e. The Kier molecular flexibility index (Phi) is 5.13. The fourth-order valence-electron chi connectivity index (χ4n) is 2.28. The molecule has 2 atom stereocenters. The Morgan fingerprint density at radius 2 is 2.17 bits per heavy atom. The summed E-state index contributed by atoms with van der Waals surface area (Å²) in [5.41, 5.74) is 1.16. The Morgan fingerprint density at radius 1 is 1.39 bits per heavy atom. The van der Waals surface area contributed by atoms with E-state index in [9.17, 15) is 5.11 Å². The number of nitrogens with zero attached hydrogens (tertiary/aromatic N) is 1. The first kappa shape index (κ1) is 13.5. The molecule has 100 valence electrons. The third-order valence-corrected chi connectivity index (χ3v) is 3.28. The van der Waals surface area contributed by atoms with Crippen LogP contribution in [0.2, 0.25) is 0 Å². The molecule has 0 aromatic heterocycles. The normalized spacial score (nSPS) is 22.2. The smallest absolute Gasteiger partial charge is 0.146 e. The van der Waals surface area contributed by atoms with E-state index in [0.717, 1.165) is 25.1 Å². The first-order valence-corrected chi connectivity index (χ1v) is 6.36. The molecule has 18 heavy (non-hydrogen) atoms. The minimum atomic E-state index is -0.427. The van der Waals surface area contributed by atoms with Gasteiger partial charge in [0.05, 0.1) is 6.10 Å². The zero-order chi connectivity index (χ0) is 12.8. The zero-order valence-electron chi connectivity index (χ0n) is 10.8. The predicted molar refractivity (Wildman–Crippen MR) is 69.1 cm³/mol. The van der Waals surface area contributed by atoms with Gasteiger partial charge in [-0.15, -0.1) is 0 Å². The summed E-state index contributed by atoms with van der Waals surface area (Å²) in [6, 6.07) is 10.1. The van der Waals surface area contributed by atoms with Crippen molar-refractivity contribution < 1.29 is 14.6 Å². The number of hydrogen-bond acceptors (Lipinski definition) is 4. The fourth-order valence-corrected chi connectivity index (χ4v) is 2.28. The largest absolute Gasteiger partial charge is 0.378 e. The van der Waals surface area contributed by atoms with E-state index in [-0.39, 0.29) is 6.10 Å². The molecule has 0 aliphatic carbocycles. The first-order chi connectivity index (χ1) is 8.79. The van der Waals surface area contributed by atoms with Crippen molar-refractivity contribution in [1.29, 1.82) is 0 Å². The standard InChI is InChI=1S/C14H21NO3/c1-17-11-18-13-7-8-15(10-13)14(16)9-12-5-3-2-4-6-12/h2-6,13-14,16H,7-11H2,1H3. The van der Waals surface area contributed by atoms with E-state index in [1.54, 1.807) is 7.11 Å². The van der Waals surface area contributed by atoms with Gasteiger partial charge in [0.25, 0.3) is 0 Å². The Hall–Kier alpha value is -0.940. The van der Waals surface area contributed by atoms with Crippen LogP contribution >= 0.6 is 0 Å². The second-order valence-corrected chi connectivity index (χ2v) is 4.65. The number of aliphatic hydroxyl groups excluding tert-OH is 1. The Morgan fingerprint density at radius 3 is 2.89 bits per heavy atom. The van der Waals surface area contributed by atoms with E-state index >= 15 is 0 Å². The number of benzene rings is 1. The lowest BCUT2D eigenvalue weighted by Crippen LogP contribution is -2.35. The average molecular weight is 251 g/mol. The highest BCUT2D eigenvalue weighted by Gasteiger charge is 2.27. The molecule has 0 amide bonds. The van der Waals surface area contributed by atoms with Crippen molar-refractivity contribution in [1.82, 2.24) is 4.90 Å². The molecule has 1 aromatic rings. The molecule has 4 heteroatoms. The fraction of sp³-hybridized carbons (Fsp3) is 0.571. The van der Waals surface area contributed by atoms with Gasteiger partial charge in [0.2, 0.25) is 0 Å². The number of methoxy groups -OCH3 is 1. The van der Waals surface area contributed by atoms with Crippen molar-refractivity contribution in [3.63, 3.8) is 0 Å². The van der Waals surface area contributed by atoms with Gasteiger partial charge in [0.1, 0.15) is 13.0 Å². The van der Waals surface area contributed by atoms with Crippen LogP contribution in [-0.2, 0) is 15.9 Å². The van der Waals surface area contributed by atoms with Crippen molar-refractivity contribution >= 4 is 0 Å². The summed E-state index contributed by atoms with van der Waals surface area (Å²) in [5.74, 6) is 0. The summed E-state index contributed by atoms with van der Waals surface area (Å²) in [5, 5.41) is 10.2. The van der Waals surface area contributed by atoms with Crippen LogP contribution in [0.5, 0.6) is 0 Å². The van der Waals surface area contributed by atoms with Crippen LogP contribution in [0.1, 0.15) is 12.0 Å². The van der Waals surface area contributed by atoms with E-state index in [1.165, 1.54) is 0 Å². The van der Waals surface area contributed by atoms with E-state index in [4.69, 9.17) is 9.47 Å². The van der Waals surface area contributed by atoms with Crippen molar-refractivity contribution in [2.75, 3.05) is 27.0 Å². The molecule has 0 bridgehead atoms. The summed E-state index contributed by atoms with van der Waals surface area (Å²) in [6.07, 6.45) is 1.37. The van der Waals surface area contributed by atoms with Gasteiger partial charge in [0.15, 0.2) is 0 Å². The number of rotatable bonds is 6. The molecular weight excluding hydrogens is 230 g/mol. The topological polar surface area (TPSA) is 41.9 Å². The van der Waals surface area contributed by atoms with Crippen LogP contribution in [0.25, 0.3) is 0 Å². The van der Waals surface area contributed by atoms with Crippen molar-refractivity contribution in [2.24, 2.45) is 0 Å². The van der Waals surface area contributed by atoms with Gasteiger partial charge in [-0.2, -0.15) is 0 Å². The van der Waals surface area contributed by atoms with Crippen molar-refractivity contribution in [3.05, 3.63) is 35.9 Å². The molecule has 1 aliphatic rings. The van der Waals surface area contributed by atoms with Crippen LogP contribution in [0.3, 0.4) is 0 Å². The summed E-state index contributed by atoms with van der Waals surface area (Å²) >= 11 is 0. The molecule has 4 nitrogen and oxygen atoms in total. The minimum Gasteiger partial charge on any atom is -0.378 e. The lowest BCUT2D eigenvalue weighted by atomic mass is 10.1. The van der Waals surface area contributed by atoms with Crippen molar-refractivity contribution in [2.45, 2.75) is 25.2 Å². The summed E-state index contributed by atoms with van der Waals surface area (Å²) in [7, 11) is 1.62. The van der Waals surface area contributed by atoms with Crippen LogP contribution < -0.4 is 0 Å². The molecule has 2 rings (SSSR count). The number of hydrogen-bond donors (Lipinski definition) is 1. The van der Waals surface area contributed by atoms with E-state index in [2.05, 4.69) is 4.90 Å². The number of ether oxygens (including phenoxy) is 2. The highest BCUT2D eigenvalue weighted by atomic mass is 16.7. The number of likely N-dealkylation sites (tertiary alicyclic amines) is 1. The third-order valence-electron chi connectivity index (χ3n) is 3.28. The van der Waals surface area contributed by atoms with E-state index in [1.807, 2.05) is 30.3 Å². The lowest BCUT2D eigenvalue weighted by Gasteiger charge is -2.23. The van der Waals surface area contributed by atoms with Crippen LogP contribution in [0.4, 0.5) is 0 Å². The zero-order valence-corrected chi connectivity index (χ0v) is 10.8. The SMILES string of the molecule is COCOC1CCN(C(O)Cc2ccccc2)C1. The molecule has 1 aliphatic heterocycles. The Bertz CT molecular complexity index is 344. The second kappa shape index (κ2) is 6.85. The highest BCUT2D eigenvalue weighted by Crippen LogP contribution is 2.17. The quantitative estimate of drug-likeness (QED) is 0.773. The van der Waals surface area contributed by atoms with Crippen LogP contribution in [0.15, 0.2) is 30.3 Å². The first-order valence-electron chi connectivity index (χ1n) is 6.36. The van der Waals surface area contributed by atoms with Gasteiger partial charge < -0.3 is 14.6 Å². The molecule has 0 spiro atoms. The van der Waals surface area contributed by atoms with Gasteiger partial charge in [-0.25, -0.2) is 0 Å². The molecular formula is C14H21NO3. The highest BCUT2D eigenvalue weighted by molar-refractivity contribution is 5.15. The predicted octanol–water partition coefficient (Wildman–Crippen LogP) is 1.24. The molecule has 2 unspecified atom stereocenters. The minimum absolute atomic E-state index is 0.176.